The van der Waals surface area contributed by atoms with E-state index < -0.39 is 5.92 Å². The number of aromatic nitrogens is 1. The number of nitrogens with zero attached hydrogens (tertiary/aromatic N) is 1. The van der Waals surface area contributed by atoms with Gasteiger partial charge in [0.05, 0.1) is 6.10 Å². The van der Waals surface area contributed by atoms with Gasteiger partial charge in [0.1, 0.15) is 5.92 Å². The molecule has 2 heterocycles. The quantitative estimate of drug-likeness (QED) is 0.807. The summed E-state index contributed by atoms with van der Waals surface area (Å²) >= 11 is 0. The topological polar surface area (TPSA) is 80.3 Å². The highest BCUT2D eigenvalue weighted by Gasteiger charge is 2.45. The van der Waals surface area contributed by atoms with Crippen molar-refractivity contribution < 1.29 is 14.3 Å². The number of hydrogen-bond acceptors (Lipinski definition) is 4. The van der Waals surface area contributed by atoms with Gasteiger partial charge in [-0.15, -0.1) is 0 Å². The van der Waals surface area contributed by atoms with Crippen LogP contribution in [-0.2, 0) is 16.1 Å². The maximum atomic E-state index is 12.5. The lowest BCUT2D eigenvalue weighted by atomic mass is 9.74. The van der Waals surface area contributed by atoms with Gasteiger partial charge >= 0.3 is 0 Å². The van der Waals surface area contributed by atoms with Crippen LogP contribution in [0.5, 0.6) is 5.88 Å². The smallest absolute Gasteiger partial charge is 0.233 e. The first-order valence-electron chi connectivity index (χ1n) is 8.35. The zero-order valence-electron chi connectivity index (χ0n) is 15.1. The lowest BCUT2D eigenvalue weighted by molar-refractivity contribution is -0.135. The fourth-order valence-corrected chi connectivity index (χ4v) is 2.85. The second-order valence-corrected chi connectivity index (χ2v) is 7.58. The van der Waals surface area contributed by atoms with Crippen LogP contribution in [0.25, 0.3) is 0 Å². The fraction of sp³-hybridized carbons (Fsp3) is 0.611. The molecule has 1 fully saturated rings. The van der Waals surface area contributed by atoms with Crippen LogP contribution in [0.15, 0.2) is 18.3 Å². The van der Waals surface area contributed by atoms with E-state index in [1.807, 2.05) is 19.9 Å². The molecule has 0 spiro atoms. The SMILES string of the molecule is CC(C)Oc1ccc(CNC(=O)[C@@H]2C(=O)NC[C@@H]2C(C)(C)C)cn1. The van der Waals surface area contributed by atoms with Gasteiger partial charge in [0.25, 0.3) is 0 Å². The third-order valence-electron chi connectivity index (χ3n) is 4.20. The van der Waals surface area contributed by atoms with Crippen LogP contribution < -0.4 is 15.4 Å². The molecule has 1 aliphatic rings. The average molecular weight is 333 g/mol. The largest absolute Gasteiger partial charge is 0.475 e. The molecule has 0 aromatic carbocycles. The van der Waals surface area contributed by atoms with Gasteiger partial charge in [0, 0.05) is 31.3 Å². The van der Waals surface area contributed by atoms with Crippen molar-refractivity contribution in [2.45, 2.75) is 47.3 Å². The number of pyridine rings is 1. The summed E-state index contributed by atoms with van der Waals surface area (Å²) in [4.78, 5) is 28.7. The Hall–Kier alpha value is -2.11. The number of hydrogen-bond donors (Lipinski definition) is 2. The van der Waals surface area contributed by atoms with E-state index in [1.165, 1.54) is 0 Å². The summed E-state index contributed by atoms with van der Waals surface area (Å²) in [7, 11) is 0. The molecule has 2 atom stereocenters. The van der Waals surface area contributed by atoms with Crippen molar-refractivity contribution in [3.05, 3.63) is 23.9 Å². The van der Waals surface area contributed by atoms with Gasteiger partial charge in [0.15, 0.2) is 0 Å². The van der Waals surface area contributed by atoms with Crippen LogP contribution in [0, 0.1) is 17.3 Å². The molecule has 2 N–H and O–H groups in total. The highest BCUT2D eigenvalue weighted by atomic mass is 16.5. The van der Waals surface area contributed by atoms with Crippen molar-refractivity contribution in [1.29, 1.82) is 0 Å². The number of nitrogens with one attached hydrogen (secondary N) is 2. The predicted octanol–water partition coefficient (Wildman–Crippen LogP) is 1.89. The summed E-state index contributed by atoms with van der Waals surface area (Å²) in [5, 5.41) is 5.66. The van der Waals surface area contributed by atoms with E-state index in [0.717, 1.165) is 5.56 Å². The van der Waals surface area contributed by atoms with Gasteiger partial charge in [-0.3, -0.25) is 9.59 Å². The van der Waals surface area contributed by atoms with Crippen LogP contribution in [-0.4, -0.2) is 29.4 Å². The van der Waals surface area contributed by atoms with Crippen LogP contribution in [0.4, 0.5) is 0 Å². The Balaban J connectivity index is 1.96. The molecule has 2 rings (SSSR count). The molecule has 1 aromatic heterocycles. The minimum Gasteiger partial charge on any atom is -0.475 e. The van der Waals surface area contributed by atoms with Crippen molar-refractivity contribution in [2.75, 3.05) is 6.54 Å². The Bertz CT molecular complexity index is 591. The summed E-state index contributed by atoms with van der Waals surface area (Å²) in [6, 6.07) is 3.64. The molecule has 1 aromatic rings. The molecule has 1 aliphatic heterocycles. The van der Waals surface area contributed by atoms with Gasteiger partial charge in [-0.1, -0.05) is 26.8 Å². The molecule has 1 saturated heterocycles. The molecule has 6 heteroatoms. The zero-order chi connectivity index (χ0) is 17.9. The maximum absolute atomic E-state index is 12.5. The minimum absolute atomic E-state index is 0.00931. The van der Waals surface area contributed by atoms with Gasteiger partial charge in [0.2, 0.25) is 17.7 Å². The lowest BCUT2D eigenvalue weighted by Gasteiger charge is -2.29. The highest BCUT2D eigenvalue weighted by molar-refractivity contribution is 6.02. The molecule has 0 unspecified atom stereocenters. The van der Waals surface area contributed by atoms with Crippen LogP contribution in [0.3, 0.4) is 0 Å². The summed E-state index contributed by atoms with van der Waals surface area (Å²) in [6.45, 7) is 10.9. The second-order valence-electron chi connectivity index (χ2n) is 7.58. The van der Waals surface area contributed by atoms with E-state index in [2.05, 4.69) is 36.4 Å². The highest BCUT2D eigenvalue weighted by Crippen LogP contribution is 2.35. The normalized spacial score (nSPS) is 20.8. The monoisotopic (exact) mass is 333 g/mol. The number of carbonyl (C=O) groups is 2. The van der Waals surface area contributed by atoms with E-state index >= 15 is 0 Å². The predicted molar refractivity (Wildman–Crippen MR) is 91.3 cm³/mol. The molecule has 24 heavy (non-hydrogen) atoms. The Morgan fingerprint density at radius 2 is 2.12 bits per heavy atom. The Kier molecular flexibility index (Phi) is 5.47. The molecule has 0 aliphatic carbocycles. The molecular weight excluding hydrogens is 306 g/mol. The Morgan fingerprint density at radius 3 is 2.67 bits per heavy atom. The van der Waals surface area contributed by atoms with Crippen molar-refractivity contribution in [2.24, 2.45) is 17.3 Å². The molecule has 132 valence electrons. The first kappa shape index (κ1) is 18.2. The van der Waals surface area contributed by atoms with Crippen LogP contribution in [0.1, 0.15) is 40.2 Å². The molecule has 6 nitrogen and oxygen atoms in total. The minimum atomic E-state index is -0.637. The second kappa shape index (κ2) is 7.20. The summed E-state index contributed by atoms with van der Waals surface area (Å²) in [6.07, 6.45) is 1.74. The van der Waals surface area contributed by atoms with Crippen molar-refractivity contribution in [1.82, 2.24) is 15.6 Å². The summed E-state index contributed by atoms with van der Waals surface area (Å²) < 4.78 is 5.49. The molecular formula is C18H27N3O3. The summed E-state index contributed by atoms with van der Waals surface area (Å²) in [5.74, 6) is -0.506. The first-order chi connectivity index (χ1) is 11.2. The third-order valence-corrected chi connectivity index (χ3v) is 4.20. The number of carbonyl (C=O) groups excluding carboxylic acids is 2. The van der Waals surface area contributed by atoms with E-state index in [4.69, 9.17) is 4.74 Å². The Morgan fingerprint density at radius 1 is 1.42 bits per heavy atom. The number of ether oxygens (including phenoxy) is 1. The molecule has 0 bridgehead atoms. The summed E-state index contributed by atoms with van der Waals surface area (Å²) in [5.41, 5.74) is 0.753. The van der Waals surface area contributed by atoms with Gasteiger partial charge < -0.3 is 15.4 Å². The average Bonchev–Trinajstić information content (AvgIpc) is 2.87. The van der Waals surface area contributed by atoms with E-state index in [0.29, 0.717) is 19.0 Å². The van der Waals surface area contributed by atoms with Crippen molar-refractivity contribution in [3.63, 3.8) is 0 Å². The van der Waals surface area contributed by atoms with Gasteiger partial charge in [-0.25, -0.2) is 4.98 Å². The van der Waals surface area contributed by atoms with E-state index in [-0.39, 0.29) is 29.3 Å². The Labute approximate surface area is 143 Å². The van der Waals surface area contributed by atoms with Gasteiger partial charge in [-0.2, -0.15) is 0 Å². The lowest BCUT2D eigenvalue weighted by Crippen LogP contribution is -2.40. The first-order valence-corrected chi connectivity index (χ1v) is 8.35. The van der Waals surface area contributed by atoms with E-state index in [1.54, 1.807) is 12.3 Å². The number of rotatable bonds is 5. The maximum Gasteiger partial charge on any atom is 0.233 e. The molecule has 2 amide bonds. The fourth-order valence-electron chi connectivity index (χ4n) is 2.85. The van der Waals surface area contributed by atoms with Gasteiger partial charge in [-0.05, 0) is 24.8 Å². The van der Waals surface area contributed by atoms with Crippen LogP contribution in [0.2, 0.25) is 0 Å². The number of amides is 2. The standard InChI is InChI=1S/C18H27N3O3/c1-11(2)24-14-7-6-12(8-19-14)9-20-16(22)15-13(18(3,4)5)10-21-17(15)23/h6-8,11,13,15H,9-10H2,1-5H3,(H,20,22)(H,21,23)/t13-,15+/m0/s1. The molecule has 0 saturated carbocycles. The van der Waals surface area contributed by atoms with E-state index in [9.17, 15) is 9.59 Å². The van der Waals surface area contributed by atoms with Crippen molar-refractivity contribution in [3.8, 4) is 5.88 Å². The third kappa shape index (κ3) is 4.46. The van der Waals surface area contributed by atoms with Crippen LogP contribution >= 0.6 is 0 Å². The zero-order valence-corrected chi connectivity index (χ0v) is 15.1. The molecule has 0 radical (unpaired) electrons. The van der Waals surface area contributed by atoms with Crippen molar-refractivity contribution >= 4 is 11.8 Å².